The number of nitrogens with one attached hydrogen (secondary N) is 1. The molecule has 0 fully saturated rings. The fourth-order valence-corrected chi connectivity index (χ4v) is 2.30. The Hall–Kier alpha value is -2.70. The first-order valence-corrected chi connectivity index (χ1v) is 7.83. The minimum Gasteiger partial charge on any atom is -0.406 e. The van der Waals surface area contributed by atoms with E-state index in [9.17, 15) is 18.0 Å². The van der Waals surface area contributed by atoms with Crippen LogP contribution in [0.15, 0.2) is 54.6 Å². The highest BCUT2D eigenvalue weighted by atomic mass is 19.4. The zero-order chi connectivity index (χ0) is 18.3. The monoisotopic (exact) mass is 352 g/mol. The van der Waals surface area contributed by atoms with Crippen molar-refractivity contribution in [1.29, 1.82) is 0 Å². The Morgan fingerprint density at radius 1 is 1.12 bits per heavy atom. The van der Waals surface area contributed by atoms with Gasteiger partial charge in [-0.2, -0.15) is 0 Å². The van der Waals surface area contributed by atoms with E-state index in [1.54, 1.807) is 4.90 Å². The summed E-state index contributed by atoms with van der Waals surface area (Å²) in [7, 11) is 0. The maximum atomic E-state index is 12.5. The van der Waals surface area contributed by atoms with E-state index in [1.807, 2.05) is 37.3 Å². The molecule has 0 aliphatic carbocycles. The number of rotatable bonds is 6. The lowest BCUT2D eigenvalue weighted by Gasteiger charge is -2.23. The van der Waals surface area contributed by atoms with Gasteiger partial charge in [0.15, 0.2) is 0 Å². The summed E-state index contributed by atoms with van der Waals surface area (Å²) in [6.45, 7) is 2.89. The second-order valence-corrected chi connectivity index (χ2v) is 5.41. The third kappa shape index (κ3) is 6.37. The van der Waals surface area contributed by atoms with E-state index >= 15 is 0 Å². The first-order valence-electron chi connectivity index (χ1n) is 7.83. The standard InChI is InChI=1S/C18H19F3N2O2/c1-2-11-23(13-14-7-4-3-5-8-14)17(24)22-15-9-6-10-16(12-15)25-18(19,20)21/h3-10,12H,2,11,13H2,1H3,(H,22,24). The lowest BCUT2D eigenvalue weighted by molar-refractivity contribution is -0.274. The normalized spacial score (nSPS) is 11.0. The number of carbonyl (C=O) groups excluding carboxylic acids is 1. The van der Waals surface area contributed by atoms with Crippen LogP contribution in [-0.4, -0.2) is 23.8 Å². The molecule has 0 bridgehead atoms. The maximum Gasteiger partial charge on any atom is 0.573 e. The number of amides is 2. The average Bonchev–Trinajstić information content (AvgIpc) is 2.54. The molecule has 0 unspecified atom stereocenters. The highest BCUT2D eigenvalue weighted by Gasteiger charge is 2.31. The first-order chi connectivity index (χ1) is 11.9. The van der Waals surface area contributed by atoms with Crippen LogP contribution in [0.2, 0.25) is 0 Å². The fourth-order valence-electron chi connectivity index (χ4n) is 2.30. The molecule has 0 saturated heterocycles. The van der Waals surface area contributed by atoms with E-state index in [0.717, 1.165) is 18.1 Å². The van der Waals surface area contributed by atoms with Crippen molar-refractivity contribution >= 4 is 11.7 Å². The second-order valence-electron chi connectivity index (χ2n) is 5.41. The summed E-state index contributed by atoms with van der Waals surface area (Å²) in [5, 5.41) is 2.61. The molecule has 2 aromatic carbocycles. The van der Waals surface area contributed by atoms with Gasteiger partial charge < -0.3 is 15.0 Å². The van der Waals surface area contributed by atoms with Crippen molar-refractivity contribution in [2.45, 2.75) is 26.3 Å². The summed E-state index contributed by atoms with van der Waals surface area (Å²) in [6.07, 6.45) is -4.01. The predicted molar refractivity (Wildman–Crippen MR) is 89.3 cm³/mol. The van der Waals surface area contributed by atoms with Gasteiger partial charge in [-0.3, -0.25) is 0 Å². The van der Waals surface area contributed by atoms with E-state index in [0.29, 0.717) is 13.1 Å². The highest BCUT2D eigenvalue weighted by molar-refractivity contribution is 5.89. The van der Waals surface area contributed by atoms with Gasteiger partial charge in [0.2, 0.25) is 0 Å². The third-order valence-electron chi connectivity index (χ3n) is 3.32. The lowest BCUT2D eigenvalue weighted by atomic mass is 10.2. The Balaban J connectivity index is 2.06. The molecule has 25 heavy (non-hydrogen) atoms. The van der Waals surface area contributed by atoms with Crippen molar-refractivity contribution < 1.29 is 22.7 Å². The molecule has 0 aromatic heterocycles. The van der Waals surface area contributed by atoms with Gasteiger partial charge in [-0.25, -0.2) is 4.79 Å². The molecule has 7 heteroatoms. The molecular weight excluding hydrogens is 333 g/mol. The first kappa shape index (κ1) is 18.6. The number of halogens is 3. The van der Waals surface area contributed by atoms with Gasteiger partial charge in [-0.15, -0.1) is 13.2 Å². The highest BCUT2D eigenvalue weighted by Crippen LogP contribution is 2.25. The van der Waals surface area contributed by atoms with Crippen LogP contribution >= 0.6 is 0 Å². The van der Waals surface area contributed by atoms with E-state index in [1.165, 1.54) is 18.2 Å². The third-order valence-corrected chi connectivity index (χ3v) is 3.32. The van der Waals surface area contributed by atoms with Gasteiger partial charge >= 0.3 is 12.4 Å². The smallest absolute Gasteiger partial charge is 0.406 e. The molecule has 2 aromatic rings. The molecular formula is C18H19F3N2O2. The predicted octanol–water partition coefficient (Wildman–Crippen LogP) is 5.03. The largest absolute Gasteiger partial charge is 0.573 e. The van der Waals surface area contributed by atoms with Crippen molar-refractivity contribution in [2.24, 2.45) is 0 Å². The SMILES string of the molecule is CCCN(Cc1ccccc1)C(=O)Nc1cccc(OC(F)(F)F)c1. The summed E-state index contributed by atoms with van der Waals surface area (Å²) in [4.78, 5) is 14.1. The molecule has 0 atom stereocenters. The van der Waals surface area contributed by atoms with Gasteiger partial charge in [-0.1, -0.05) is 43.3 Å². The van der Waals surface area contributed by atoms with Crippen LogP contribution in [0.3, 0.4) is 0 Å². The number of alkyl halides is 3. The van der Waals surface area contributed by atoms with E-state index in [4.69, 9.17) is 0 Å². The summed E-state index contributed by atoms with van der Waals surface area (Å²) in [5.41, 5.74) is 1.21. The molecule has 2 amide bonds. The summed E-state index contributed by atoms with van der Waals surface area (Å²) >= 11 is 0. The lowest BCUT2D eigenvalue weighted by Crippen LogP contribution is -2.35. The van der Waals surface area contributed by atoms with Crippen molar-refractivity contribution in [3.63, 3.8) is 0 Å². The minimum absolute atomic E-state index is 0.237. The quantitative estimate of drug-likeness (QED) is 0.792. The molecule has 4 nitrogen and oxygen atoms in total. The number of nitrogens with zero attached hydrogens (tertiary/aromatic N) is 1. The number of hydrogen-bond donors (Lipinski definition) is 1. The molecule has 0 aliphatic heterocycles. The molecule has 0 heterocycles. The van der Waals surface area contributed by atoms with Gasteiger partial charge in [0, 0.05) is 24.8 Å². The second kappa shape index (κ2) is 8.41. The Morgan fingerprint density at radius 3 is 2.48 bits per heavy atom. The molecule has 0 radical (unpaired) electrons. The Kier molecular flexibility index (Phi) is 6.27. The molecule has 0 aliphatic rings. The van der Waals surface area contributed by atoms with Gasteiger partial charge in [0.05, 0.1) is 0 Å². The average molecular weight is 352 g/mol. The zero-order valence-electron chi connectivity index (χ0n) is 13.7. The van der Waals surface area contributed by atoms with Crippen molar-refractivity contribution in [1.82, 2.24) is 4.90 Å². The molecule has 0 spiro atoms. The van der Waals surface area contributed by atoms with Crippen LogP contribution in [0.4, 0.5) is 23.7 Å². The fraction of sp³-hybridized carbons (Fsp3) is 0.278. The van der Waals surface area contributed by atoms with Crippen molar-refractivity contribution in [2.75, 3.05) is 11.9 Å². The molecule has 134 valence electrons. The van der Waals surface area contributed by atoms with Crippen LogP contribution in [0, 0.1) is 0 Å². The van der Waals surface area contributed by atoms with Gasteiger partial charge in [0.25, 0.3) is 0 Å². The number of carbonyl (C=O) groups is 1. The topological polar surface area (TPSA) is 41.6 Å². The minimum atomic E-state index is -4.77. The van der Waals surface area contributed by atoms with E-state index in [2.05, 4.69) is 10.1 Å². The van der Waals surface area contributed by atoms with Crippen molar-refractivity contribution in [3.8, 4) is 5.75 Å². The van der Waals surface area contributed by atoms with Crippen LogP contribution in [0.1, 0.15) is 18.9 Å². The molecule has 1 N–H and O–H groups in total. The molecule has 2 rings (SSSR count). The van der Waals surface area contributed by atoms with Crippen molar-refractivity contribution in [3.05, 3.63) is 60.2 Å². The van der Waals surface area contributed by atoms with Crippen LogP contribution in [0.25, 0.3) is 0 Å². The van der Waals surface area contributed by atoms with Crippen LogP contribution in [-0.2, 0) is 6.54 Å². The van der Waals surface area contributed by atoms with E-state index < -0.39 is 6.36 Å². The van der Waals surface area contributed by atoms with E-state index in [-0.39, 0.29) is 17.5 Å². The van der Waals surface area contributed by atoms with Gasteiger partial charge in [-0.05, 0) is 24.1 Å². The number of urea groups is 1. The van der Waals surface area contributed by atoms with Crippen LogP contribution in [0.5, 0.6) is 5.75 Å². The van der Waals surface area contributed by atoms with Crippen LogP contribution < -0.4 is 10.1 Å². The Morgan fingerprint density at radius 2 is 1.84 bits per heavy atom. The van der Waals surface area contributed by atoms with Gasteiger partial charge in [0.1, 0.15) is 5.75 Å². The number of hydrogen-bond acceptors (Lipinski definition) is 2. The number of benzene rings is 2. The summed E-state index contributed by atoms with van der Waals surface area (Å²) < 4.78 is 40.7. The zero-order valence-corrected chi connectivity index (χ0v) is 13.7. The summed E-state index contributed by atoms with van der Waals surface area (Å²) in [5.74, 6) is -0.379. The number of ether oxygens (including phenoxy) is 1. The molecule has 0 saturated carbocycles. The number of anilines is 1. The summed E-state index contributed by atoms with van der Waals surface area (Å²) in [6, 6.07) is 14.3. The Bertz CT molecular complexity index is 690. The maximum absolute atomic E-state index is 12.5. The Labute approximate surface area is 144 Å².